The third-order valence-corrected chi connectivity index (χ3v) is 10.1. The molecular formula is C36H43F3N8O3. The molecular weight excluding hydrogens is 649 g/mol. The lowest BCUT2D eigenvalue weighted by molar-refractivity contribution is -0.137. The molecule has 4 aliphatic rings. The second-order valence-corrected chi connectivity index (χ2v) is 13.3. The van der Waals surface area contributed by atoms with Crippen molar-refractivity contribution in [1.29, 1.82) is 0 Å². The number of nitrogens with one attached hydrogen (secondary N) is 2. The minimum Gasteiger partial charge on any atom is -0.494 e. The third kappa shape index (κ3) is 7.52. The minimum absolute atomic E-state index is 0.323. The molecule has 11 nitrogen and oxygen atoms in total. The smallest absolute Gasteiger partial charge is 0.416 e. The third-order valence-electron chi connectivity index (χ3n) is 10.1. The number of ether oxygens (including phenoxy) is 1. The van der Waals surface area contributed by atoms with E-state index in [0.717, 1.165) is 76.0 Å². The van der Waals surface area contributed by atoms with Crippen molar-refractivity contribution in [2.24, 2.45) is 0 Å². The maximum absolute atomic E-state index is 13.4. The fourth-order valence-electron chi connectivity index (χ4n) is 7.35. The van der Waals surface area contributed by atoms with Crippen LogP contribution in [0.25, 0.3) is 0 Å². The lowest BCUT2D eigenvalue weighted by Gasteiger charge is -2.43. The Labute approximate surface area is 290 Å². The summed E-state index contributed by atoms with van der Waals surface area (Å²) in [7, 11) is 1.59. The number of amides is 1. The number of methoxy groups -OCH3 is 1. The van der Waals surface area contributed by atoms with E-state index in [2.05, 4.69) is 41.9 Å². The number of carbonyl (C=O) groups is 1. The van der Waals surface area contributed by atoms with Crippen LogP contribution in [0.1, 0.15) is 49.3 Å². The van der Waals surface area contributed by atoms with Crippen molar-refractivity contribution in [1.82, 2.24) is 19.8 Å². The van der Waals surface area contributed by atoms with Gasteiger partial charge in [0.2, 0.25) is 5.91 Å². The highest BCUT2D eigenvalue weighted by atomic mass is 19.4. The molecule has 0 spiro atoms. The monoisotopic (exact) mass is 692 g/mol. The Bertz CT molecular complexity index is 1690. The van der Waals surface area contributed by atoms with Gasteiger partial charge in [0.25, 0.3) is 0 Å². The lowest BCUT2D eigenvalue weighted by Crippen LogP contribution is -2.53. The van der Waals surface area contributed by atoms with Crippen molar-refractivity contribution in [2.45, 2.75) is 56.4 Å². The molecule has 2 aromatic carbocycles. The summed E-state index contributed by atoms with van der Waals surface area (Å²) in [5.41, 5.74) is 1.79. The summed E-state index contributed by atoms with van der Waals surface area (Å²) in [6, 6.07) is 11.6. The lowest BCUT2D eigenvalue weighted by atomic mass is 10.0. The number of halogens is 3. The van der Waals surface area contributed by atoms with Gasteiger partial charge in [-0.2, -0.15) is 13.2 Å². The Morgan fingerprint density at radius 1 is 0.940 bits per heavy atom. The number of rotatable bonds is 10. The molecule has 0 bridgehead atoms. The Morgan fingerprint density at radius 2 is 1.66 bits per heavy atom. The Balaban J connectivity index is 1.08. The Kier molecular flexibility index (Phi) is 9.84. The standard InChI is InChI=1S/C36H43F3N8O3/c1-3-35(48)43-28-20-29(32(49-2)21-31(28)46-12-9-27(10-13-46)45-16-14-44(15-17-45)26-7-8-26)42-33-22-34(41-23-40-33)47-30(11-18-50-47)24-5-4-6-25(19-24)36(37,38)39/h3-6,19-23,26-27,30H,1,7-18H2,2H3,(H,43,48)(H,40,41,42). The second-order valence-electron chi connectivity index (χ2n) is 13.3. The molecule has 0 radical (unpaired) electrons. The van der Waals surface area contributed by atoms with Gasteiger partial charge in [-0.3, -0.25) is 19.4 Å². The van der Waals surface area contributed by atoms with Crippen molar-refractivity contribution in [3.8, 4) is 5.75 Å². The van der Waals surface area contributed by atoms with E-state index in [9.17, 15) is 18.0 Å². The van der Waals surface area contributed by atoms with E-state index in [1.807, 2.05) is 12.1 Å². The molecule has 4 heterocycles. The van der Waals surface area contributed by atoms with Crippen LogP contribution in [0.15, 0.2) is 61.4 Å². The largest absolute Gasteiger partial charge is 0.494 e. The van der Waals surface area contributed by atoms with Crippen molar-refractivity contribution >= 4 is 34.6 Å². The first-order valence-corrected chi connectivity index (χ1v) is 17.3. The fraction of sp³-hybridized carbons (Fsp3) is 0.472. The van der Waals surface area contributed by atoms with Crippen molar-refractivity contribution in [3.63, 3.8) is 0 Å². The first-order valence-electron chi connectivity index (χ1n) is 17.3. The van der Waals surface area contributed by atoms with Gasteiger partial charge < -0.3 is 20.3 Å². The molecule has 3 aromatic rings. The SMILES string of the molecule is C=CC(=O)Nc1cc(Nc2cc(N3OCCC3c3cccc(C(F)(F)F)c3)ncn2)c(OC)cc1N1CCC(N2CCN(C3CC3)CC2)CC1. The predicted molar refractivity (Wildman–Crippen MR) is 186 cm³/mol. The zero-order valence-electron chi connectivity index (χ0n) is 28.2. The van der Waals surface area contributed by atoms with Crippen molar-refractivity contribution in [2.75, 3.05) is 73.6 Å². The average molecular weight is 693 g/mol. The summed E-state index contributed by atoms with van der Waals surface area (Å²) in [4.78, 5) is 34.8. The molecule has 3 aliphatic heterocycles. The highest BCUT2D eigenvalue weighted by molar-refractivity contribution is 6.02. The first kappa shape index (κ1) is 34.1. The van der Waals surface area contributed by atoms with Gasteiger partial charge in [-0.1, -0.05) is 18.7 Å². The summed E-state index contributed by atoms with van der Waals surface area (Å²) < 4.78 is 46.2. The number of anilines is 5. The van der Waals surface area contributed by atoms with Crippen LogP contribution in [-0.4, -0.2) is 90.7 Å². The van der Waals surface area contributed by atoms with Gasteiger partial charge in [0, 0.05) is 69.9 Å². The maximum atomic E-state index is 13.4. The number of nitrogens with zero attached hydrogens (tertiary/aromatic N) is 6. The summed E-state index contributed by atoms with van der Waals surface area (Å²) in [6.45, 7) is 10.2. The molecule has 1 aromatic heterocycles. The zero-order valence-corrected chi connectivity index (χ0v) is 28.2. The minimum atomic E-state index is -4.45. The van der Waals surface area contributed by atoms with Crippen molar-refractivity contribution < 1.29 is 27.5 Å². The molecule has 1 saturated carbocycles. The quantitative estimate of drug-likeness (QED) is 0.246. The highest BCUT2D eigenvalue weighted by Gasteiger charge is 2.36. The van der Waals surface area contributed by atoms with Gasteiger partial charge in [0.1, 0.15) is 17.9 Å². The molecule has 4 fully saturated rings. The second kappa shape index (κ2) is 14.4. The number of hydroxylamine groups is 1. The average Bonchev–Trinajstić information content (AvgIpc) is 3.87. The van der Waals surface area contributed by atoms with E-state index in [0.29, 0.717) is 53.4 Å². The van der Waals surface area contributed by atoms with E-state index < -0.39 is 17.8 Å². The molecule has 266 valence electrons. The Morgan fingerprint density at radius 3 is 2.32 bits per heavy atom. The molecule has 1 unspecified atom stereocenters. The van der Waals surface area contributed by atoms with Crippen LogP contribution in [0.4, 0.5) is 41.9 Å². The predicted octanol–water partition coefficient (Wildman–Crippen LogP) is 6.00. The number of aromatic nitrogens is 2. The van der Waals surface area contributed by atoms with E-state index >= 15 is 0 Å². The molecule has 14 heteroatoms. The highest BCUT2D eigenvalue weighted by Crippen LogP contribution is 2.41. The molecule has 1 atom stereocenters. The topological polar surface area (TPSA) is 98.3 Å². The number of benzene rings is 2. The van der Waals surface area contributed by atoms with E-state index in [1.165, 1.54) is 36.4 Å². The van der Waals surface area contributed by atoms with Crippen LogP contribution in [0.2, 0.25) is 0 Å². The van der Waals surface area contributed by atoms with Crippen molar-refractivity contribution in [3.05, 3.63) is 72.6 Å². The van der Waals surface area contributed by atoms with Crippen LogP contribution >= 0.6 is 0 Å². The van der Waals surface area contributed by atoms with E-state index in [-0.39, 0.29) is 5.91 Å². The van der Waals surface area contributed by atoms with Crippen LogP contribution < -0.4 is 25.3 Å². The van der Waals surface area contributed by atoms with Crippen LogP contribution in [0, 0.1) is 0 Å². The summed E-state index contributed by atoms with van der Waals surface area (Å²) in [5, 5.41) is 7.78. The summed E-state index contributed by atoms with van der Waals surface area (Å²) in [6.07, 6.45) is 3.40. The molecule has 50 heavy (non-hydrogen) atoms. The van der Waals surface area contributed by atoms with E-state index in [1.54, 1.807) is 19.2 Å². The van der Waals surface area contributed by atoms with Gasteiger partial charge in [-0.05, 0) is 55.5 Å². The number of alkyl halides is 3. The summed E-state index contributed by atoms with van der Waals surface area (Å²) in [5.74, 6) is 1.01. The van der Waals surface area contributed by atoms with Gasteiger partial charge in [0.05, 0.1) is 42.4 Å². The number of carbonyl (C=O) groups excluding carboxylic acids is 1. The van der Waals surface area contributed by atoms with Gasteiger partial charge >= 0.3 is 6.18 Å². The van der Waals surface area contributed by atoms with Gasteiger partial charge in [-0.25, -0.2) is 15.0 Å². The number of hydrogen-bond donors (Lipinski definition) is 2. The number of hydrogen-bond acceptors (Lipinski definition) is 10. The number of piperidine rings is 1. The zero-order chi connectivity index (χ0) is 34.8. The van der Waals surface area contributed by atoms with Gasteiger partial charge in [0.15, 0.2) is 5.82 Å². The molecule has 7 rings (SSSR count). The van der Waals surface area contributed by atoms with Crippen LogP contribution in [0.3, 0.4) is 0 Å². The molecule has 3 saturated heterocycles. The molecule has 2 N–H and O–H groups in total. The normalized spacial score (nSPS) is 20.9. The van der Waals surface area contributed by atoms with Crippen LogP contribution in [-0.2, 0) is 15.8 Å². The fourth-order valence-corrected chi connectivity index (χ4v) is 7.35. The first-order chi connectivity index (χ1) is 24.2. The van der Waals surface area contributed by atoms with E-state index in [4.69, 9.17) is 9.57 Å². The summed E-state index contributed by atoms with van der Waals surface area (Å²) >= 11 is 0. The molecule has 1 aliphatic carbocycles. The maximum Gasteiger partial charge on any atom is 0.416 e. The Hall–Kier alpha value is -4.40. The van der Waals surface area contributed by atoms with Crippen LogP contribution in [0.5, 0.6) is 5.75 Å². The molecule has 1 amide bonds. The number of piperazine rings is 1. The van der Waals surface area contributed by atoms with Gasteiger partial charge in [-0.15, -0.1) is 0 Å².